The minimum atomic E-state index is -0.00951. The molecule has 0 saturated heterocycles. The van der Waals surface area contributed by atoms with Crippen molar-refractivity contribution in [2.45, 2.75) is 6.42 Å². The van der Waals surface area contributed by atoms with E-state index in [1.807, 2.05) is 18.2 Å². The summed E-state index contributed by atoms with van der Waals surface area (Å²) < 4.78 is 0. The molecule has 0 unspecified atom stereocenters. The second kappa shape index (κ2) is 4.55. The first-order chi connectivity index (χ1) is 8.11. The Balaban J connectivity index is 2.21. The molecule has 0 fully saturated rings. The molecule has 5 heteroatoms. The zero-order valence-electron chi connectivity index (χ0n) is 9.91. The van der Waals surface area contributed by atoms with Crippen LogP contribution in [0.25, 0.3) is 0 Å². The lowest BCUT2D eigenvalue weighted by Crippen LogP contribution is -2.34. The molecule has 0 aromatic heterocycles. The summed E-state index contributed by atoms with van der Waals surface area (Å²) in [6, 6.07) is 5.54. The topological polar surface area (TPSA) is 61.4 Å². The first kappa shape index (κ1) is 11.6. The van der Waals surface area contributed by atoms with Gasteiger partial charge in [0.2, 0.25) is 11.8 Å². The molecular weight excluding hydrogens is 218 g/mol. The molecule has 0 spiro atoms. The van der Waals surface area contributed by atoms with Crippen LogP contribution >= 0.6 is 0 Å². The molecule has 1 heterocycles. The van der Waals surface area contributed by atoms with E-state index in [9.17, 15) is 9.59 Å². The van der Waals surface area contributed by atoms with Crippen LogP contribution in [0.2, 0.25) is 0 Å². The molecular formula is C12H15N3O2. The molecule has 1 aromatic rings. The van der Waals surface area contributed by atoms with E-state index in [1.165, 1.54) is 0 Å². The van der Waals surface area contributed by atoms with E-state index >= 15 is 0 Å². The van der Waals surface area contributed by atoms with Gasteiger partial charge in [-0.1, -0.05) is 0 Å². The Bertz CT molecular complexity index is 471. The van der Waals surface area contributed by atoms with Crippen LogP contribution in [0.5, 0.6) is 0 Å². The van der Waals surface area contributed by atoms with Gasteiger partial charge in [-0.25, -0.2) is 0 Å². The van der Waals surface area contributed by atoms with Crippen LogP contribution in [-0.4, -0.2) is 32.5 Å². The Morgan fingerprint density at radius 1 is 1.53 bits per heavy atom. The molecule has 0 saturated carbocycles. The van der Waals surface area contributed by atoms with Gasteiger partial charge in [0, 0.05) is 18.4 Å². The van der Waals surface area contributed by atoms with Gasteiger partial charge >= 0.3 is 0 Å². The smallest absolute Gasteiger partial charge is 0.240 e. The number of nitrogens with zero attached hydrogens (tertiary/aromatic N) is 1. The van der Waals surface area contributed by atoms with Crippen molar-refractivity contribution in [2.75, 3.05) is 30.9 Å². The molecule has 0 aliphatic carbocycles. The van der Waals surface area contributed by atoms with Crippen molar-refractivity contribution in [3.8, 4) is 0 Å². The van der Waals surface area contributed by atoms with Crippen LogP contribution < -0.4 is 15.5 Å². The van der Waals surface area contributed by atoms with Gasteiger partial charge in [-0.2, -0.15) is 0 Å². The maximum atomic E-state index is 11.7. The number of carbonyl (C=O) groups is 2. The lowest BCUT2D eigenvalue weighted by Gasteiger charge is -2.17. The number of benzene rings is 1. The molecule has 90 valence electrons. The molecule has 17 heavy (non-hydrogen) atoms. The SMILES string of the molecule is CNCC(=O)N(C)c1ccc2c(c1)CC(=O)N2. The van der Waals surface area contributed by atoms with Gasteiger partial charge in [-0.3, -0.25) is 9.59 Å². The van der Waals surface area contributed by atoms with Crippen molar-refractivity contribution in [3.05, 3.63) is 23.8 Å². The fourth-order valence-electron chi connectivity index (χ4n) is 1.84. The summed E-state index contributed by atoms with van der Waals surface area (Å²) in [7, 11) is 3.46. The molecule has 5 nitrogen and oxygen atoms in total. The number of nitrogens with one attached hydrogen (secondary N) is 2. The van der Waals surface area contributed by atoms with Gasteiger partial charge in [0.05, 0.1) is 13.0 Å². The van der Waals surface area contributed by atoms with Crippen LogP contribution in [0.1, 0.15) is 5.56 Å². The monoisotopic (exact) mass is 233 g/mol. The second-order valence-corrected chi connectivity index (χ2v) is 4.05. The van der Waals surface area contributed by atoms with Gasteiger partial charge in [0.1, 0.15) is 0 Å². The van der Waals surface area contributed by atoms with E-state index in [0.29, 0.717) is 13.0 Å². The van der Waals surface area contributed by atoms with Crippen LogP contribution in [0.4, 0.5) is 11.4 Å². The summed E-state index contributed by atoms with van der Waals surface area (Å²) >= 11 is 0. The molecule has 0 radical (unpaired) electrons. The number of hydrogen-bond donors (Lipinski definition) is 2. The number of anilines is 2. The average Bonchev–Trinajstić information content (AvgIpc) is 2.67. The van der Waals surface area contributed by atoms with E-state index in [1.54, 1.807) is 19.0 Å². The van der Waals surface area contributed by atoms with Crippen molar-refractivity contribution in [2.24, 2.45) is 0 Å². The lowest BCUT2D eigenvalue weighted by atomic mass is 10.1. The molecule has 1 aromatic carbocycles. The Labute approximate surface area is 99.8 Å². The molecule has 2 amide bonds. The minimum Gasteiger partial charge on any atom is -0.326 e. The highest BCUT2D eigenvalue weighted by Gasteiger charge is 2.19. The Hall–Kier alpha value is -1.88. The summed E-state index contributed by atoms with van der Waals surface area (Å²) in [5.41, 5.74) is 2.59. The van der Waals surface area contributed by atoms with Gasteiger partial charge < -0.3 is 15.5 Å². The molecule has 2 N–H and O–H groups in total. The van der Waals surface area contributed by atoms with Crippen molar-refractivity contribution >= 4 is 23.2 Å². The van der Waals surface area contributed by atoms with Gasteiger partial charge in [-0.05, 0) is 30.8 Å². The Morgan fingerprint density at radius 3 is 3.00 bits per heavy atom. The minimum absolute atomic E-state index is 0.00125. The highest BCUT2D eigenvalue weighted by molar-refractivity contribution is 6.00. The average molecular weight is 233 g/mol. The summed E-state index contributed by atoms with van der Waals surface area (Å²) in [6.45, 7) is 0.296. The number of rotatable bonds is 3. The van der Waals surface area contributed by atoms with Gasteiger partial charge in [0.25, 0.3) is 0 Å². The number of carbonyl (C=O) groups excluding carboxylic acids is 2. The summed E-state index contributed by atoms with van der Waals surface area (Å²) in [5, 5.41) is 5.58. The third-order valence-electron chi connectivity index (χ3n) is 2.80. The number of likely N-dealkylation sites (N-methyl/N-ethyl adjacent to an activating group) is 2. The first-order valence-corrected chi connectivity index (χ1v) is 5.45. The van der Waals surface area contributed by atoms with Crippen molar-refractivity contribution < 1.29 is 9.59 Å². The van der Waals surface area contributed by atoms with Crippen LogP contribution in [0.3, 0.4) is 0 Å². The van der Waals surface area contributed by atoms with Gasteiger partial charge in [-0.15, -0.1) is 0 Å². The maximum absolute atomic E-state index is 11.7. The fourth-order valence-corrected chi connectivity index (χ4v) is 1.84. The fraction of sp³-hybridized carbons (Fsp3) is 0.333. The third kappa shape index (κ3) is 2.29. The second-order valence-electron chi connectivity index (χ2n) is 4.05. The van der Waals surface area contributed by atoms with Gasteiger partial charge in [0.15, 0.2) is 0 Å². The largest absolute Gasteiger partial charge is 0.326 e. The van der Waals surface area contributed by atoms with E-state index in [4.69, 9.17) is 0 Å². The Morgan fingerprint density at radius 2 is 2.29 bits per heavy atom. The summed E-state index contributed by atoms with van der Waals surface area (Å²) in [6.07, 6.45) is 0.386. The first-order valence-electron chi connectivity index (χ1n) is 5.45. The molecule has 0 bridgehead atoms. The van der Waals surface area contributed by atoms with Crippen LogP contribution in [0.15, 0.2) is 18.2 Å². The standard InChI is InChI=1S/C12H15N3O2/c1-13-7-12(17)15(2)9-3-4-10-8(5-9)6-11(16)14-10/h3-5,13H,6-7H2,1-2H3,(H,14,16). The molecule has 2 rings (SSSR count). The highest BCUT2D eigenvalue weighted by atomic mass is 16.2. The van der Waals surface area contributed by atoms with Crippen molar-refractivity contribution in [1.82, 2.24) is 5.32 Å². The molecule has 1 aliphatic rings. The zero-order chi connectivity index (χ0) is 12.4. The molecule has 0 atom stereocenters. The lowest BCUT2D eigenvalue weighted by molar-refractivity contribution is -0.117. The van der Waals surface area contributed by atoms with Crippen molar-refractivity contribution in [1.29, 1.82) is 0 Å². The Kier molecular flexibility index (Phi) is 3.10. The van der Waals surface area contributed by atoms with Crippen molar-refractivity contribution in [3.63, 3.8) is 0 Å². The summed E-state index contributed by atoms with van der Waals surface area (Å²) in [5.74, 6) is -0.00825. The quantitative estimate of drug-likeness (QED) is 0.792. The maximum Gasteiger partial charge on any atom is 0.240 e. The number of hydrogen-bond acceptors (Lipinski definition) is 3. The van der Waals surface area contributed by atoms with E-state index in [-0.39, 0.29) is 11.8 Å². The third-order valence-corrected chi connectivity index (χ3v) is 2.80. The number of fused-ring (bicyclic) bond motifs is 1. The highest BCUT2D eigenvalue weighted by Crippen LogP contribution is 2.27. The van der Waals surface area contributed by atoms with E-state index < -0.39 is 0 Å². The predicted octanol–water partition coefficient (Wildman–Crippen LogP) is 0.363. The zero-order valence-corrected chi connectivity index (χ0v) is 9.91. The van der Waals surface area contributed by atoms with E-state index in [2.05, 4.69) is 10.6 Å². The van der Waals surface area contributed by atoms with Crippen LogP contribution in [-0.2, 0) is 16.0 Å². The molecule has 1 aliphatic heterocycles. The van der Waals surface area contributed by atoms with E-state index in [0.717, 1.165) is 16.9 Å². The number of amides is 2. The summed E-state index contributed by atoms with van der Waals surface area (Å²) in [4.78, 5) is 24.5. The van der Waals surface area contributed by atoms with Crippen LogP contribution in [0, 0.1) is 0 Å². The normalized spacial score (nSPS) is 13.2. The predicted molar refractivity (Wildman–Crippen MR) is 66.1 cm³/mol.